The van der Waals surface area contributed by atoms with Crippen molar-refractivity contribution in [2.24, 2.45) is 35.5 Å². The van der Waals surface area contributed by atoms with Gasteiger partial charge in [-0.15, -0.1) is 0 Å². The Balaban J connectivity index is 0.000000356. The third-order valence-electron chi connectivity index (χ3n) is 14.5. The Morgan fingerprint density at radius 1 is 0.627 bits per heavy atom. The molecule has 4 aliphatic carbocycles. The molecule has 0 aliphatic heterocycles. The maximum Gasteiger partial charge on any atom is 0.488 e. The molecule has 0 spiro atoms. The molecule has 6 rings (SSSR count). The standard InChI is InChI=1S/C24H36F2O.C23H35FO.C2HF3O3S.C2HF3.CH4/c1-2-3-4-5-18-6-8-19(9-7-18)20-10-12-21(13-11-20)22-14-15-24(27-17-25)23(26)16-22;1-2-3-4-5-17-6-8-18(9-7-17)19-10-12-20(13-11-19)21-14-15-23(25)22(24)16-21;3-2(4)1-8-9(5,6)7;3-1-2(4)5;/h14-16,18-21H,2-13,17H2,1H3;14-20,25H,2-13H2,1H3;1H;1H;1H4. The molecule has 5 nitrogen and oxygen atoms in total. The van der Waals surface area contributed by atoms with Gasteiger partial charge >= 0.3 is 16.6 Å². The van der Waals surface area contributed by atoms with Gasteiger partial charge in [-0.05, 0) is 160 Å². The van der Waals surface area contributed by atoms with Crippen molar-refractivity contribution in [3.8, 4) is 11.5 Å². The van der Waals surface area contributed by atoms with Gasteiger partial charge in [0.2, 0.25) is 6.86 Å². The smallest absolute Gasteiger partial charge is 0.488 e. The fraction of sp³-hybridized carbons (Fsp3) is 0.692. The number of rotatable bonds is 16. The van der Waals surface area contributed by atoms with Gasteiger partial charge < -0.3 is 14.0 Å². The molecule has 384 valence electrons. The normalized spacial score (nSPS) is 24.9. The van der Waals surface area contributed by atoms with Crippen molar-refractivity contribution >= 4 is 10.5 Å². The van der Waals surface area contributed by atoms with E-state index >= 15 is 0 Å². The number of phenolic OH excluding ortho intramolecular Hbond substituents is 1. The monoisotopic (exact) mass is 985 g/mol. The molecule has 0 bridgehead atoms. The Bertz CT molecular complexity index is 1810. The molecule has 4 aliphatic rings. The molecule has 0 aromatic heterocycles. The summed E-state index contributed by atoms with van der Waals surface area (Å²) in [4.78, 5) is 0. The summed E-state index contributed by atoms with van der Waals surface area (Å²) >= 11 is 0. The van der Waals surface area contributed by atoms with Crippen LogP contribution in [0.5, 0.6) is 11.5 Å². The van der Waals surface area contributed by atoms with Crippen LogP contribution in [0.15, 0.2) is 61.2 Å². The lowest BCUT2D eigenvalue weighted by Crippen LogP contribution is -2.25. The minimum absolute atomic E-state index is 0. The molecule has 0 radical (unpaired) electrons. The van der Waals surface area contributed by atoms with Crippen molar-refractivity contribution < 1.29 is 61.5 Å². The van der Waals surface area contributed by atoms with Gasteiger partial charge in [-0.25, -0.2) is 17.6 Å². The average Bonchev–Trinajstić information content (AvgIpc) is 3.31. The Hall–Kier alpha value is -3.36. The van der Waals surface area contributed by atoms with E-state index in [2.05, 4.69) is 22.8 Å². The molecule has 15 heteroatoms. The molecule has 0 amide bonds. The van der Waals surface area contributed by atoms with Crippen molar-refractivity contribution in [3.63, 3.8) is 0 Å². The van der Waals surface area contributed by atoms with Crippen molar-refractivity contribution in [3.05, 3.63) is 83.9 Å². The second-order valence-electron chi connectivity index (χ2n) is 18.7. The summed E-state index contributed by atoms with van der Waals surface area (Å²) in [6.07, 6.45) is 26.6. The molecular formula is C52H77F9O5S. The first-order valence-electron chi connectivity index (χ1n) is 24.3. The first-order valence-corrected chi connectivity index (χ1v) is 25.6. The second kappa shape index (κ2) is 32.5. The Morgan fingerprint density at radius 2 is 1.01 bits per heavy atom. The fourth-order valence-corrected chi connectivity index (χ4v) is 11.1. The number of aromatic hydroxyl groups is 1. The summed E-state index contributed by atoms with van der Waals surface area (Å²) in [6.45, 7) is 3.59. The van der Waals surface area contributed by atoms with Crippen molar-refractivity contribution in [1.29, 1.82) is 0 Å². The van der Waals surface area contributed by atoms with Gasteiger partial charge in [0.05, 0.1) is 0 Å². The summed E-state index contributed by atoms with van der Waals surface area (Å²) < 4.78 is 130. The number of hydrogen-bond acceptors (Lipinski definition) is 5. The number of benzene rings is 2. The maximum absolute atomic E-state index is 14.0. The van der Waals surface area contributed by atoms with Gasteiger partial charge in [0, 0.05) is 0 Å². The van der Waals surface area contributed by atoms with E-state index in [1.165, 1.54) is 147 Å². The van der Waals surface area contributed by atoms with Crippen LogP contribution in [0.3, 0.4) is 0 Å². The van der Waals surface area contributed by atoms with Crippen LogP contribution in [-0.4, -0.2) is 20.4 Å². The van der Waals surface area contributed by atoms with Gasteiger partial charge in [-0.2, -0.15) is 26.0 Å². The lowest BCUT2D eigenvalue weighted by atomic mass is 9.68. The Morgan fingerprint density at radius 3 is 1.33 bits per heavy atom. The topological polar surface area (TPSA) is 72.8 Å². The summed E-state index contributed by atoms with van der Waals surface area (Å²) in [5.41, 5.74) is 2.13. The fourth-order valence-electron chi connectivity index (χ4n) is 10.9. The van der Waals surface area contributed by atoms with Gasteiger partial charge in [-0.3, -0.25) is 0 Å². The number of ether oxygens (including phenoxy) is 1. The zero-order chi connectivity index (χ0) is 48.5. The molecule has 0 atom stereocenters. The minimum Gasteiger partial charge on any atom is -0.505 e. The van der Waals surface area contributed by atoms with E-state index in [9.17, 15) is 52.5 Å². The molecule has 0 unspecified atom stereocenters. The van der Waals surface area contributed by atoms with Crippen LogP contribution in [0.1, 0.15) is 198 Å². The van der Waals surface area contributed by atoms with Gasteiger partial charge in [0.25, 0.3) is 6.08 Å². The van der Waals surface area contributed by atoms with Crippen molar-refractivity contribution in [1.82, 2.24) is 0 Å². The molecule has 1 N–H and O–H groups in total. The van der Waals surface area contributed by atoms with Gasteiger partial charge in [-0.1, -0.05) is 114 Å². The predicted molar refractivity (Wildman–Crippen MR) is 249 cm³/mol. The summed E-state index contributed by atoms with van der Waals surface area (Å²) in [6, 6.07) is 10.0. The molecule has 67 heavy (non-hydrogen) atoms. The van der Waals surface area contributed by atoms with E-state index in [4.69, 9.17) is 0 Å². The lowest BCUT2D eigenvalue weighted by Gasteiger charge is -2.38. The van der Waals surface area contributed by atoms with Crippen LogP contribution < -0.4 is 4.74 Å². The highest BCUT2D eigenvalue weighted by molar-refractivity contribution is 7.81. The first kappa shape index (κ1) is 59.8. The third kappa shape index (κ3) is 23.2. The number of phenols is 1. The van der Waals surface area contributed by atoms with E-state index in [1.807, 2.05) is 12.1 Å². The van der Waals surface area contributed by atoms with E-state index in [0.29, 0.717) is 11.8 Å². The molecule has 2 aromatic rings. The molecule has 2 aromatic carbocycles. The molecular weight excluding hydrogens is 908 g/mol. The SMILES string of the molecule is C.CCCCCC1CCC(C2CCC(c3ccc(O)c(F)c3)CC2)CC1.CCCCCC1CCC(C2CCC(c3ccc(OCF)c(F)c3)CC2)CC1.FC=C(F)F.O=S(=O)(F)OC=C(F)F. The first-order chi connectivity index (χ1) is 31.6. The van der Waals surface area contributed by atoms with Crippen LogP contribution in [-0.2, 0) is 14.7 Å². The Kier molecular flexibility index (Phi) is 28.9. The zero-order valence-electron chi connectivity index (χ0n) is 38.8. The van der Waals surface area contributed by atoms with Crippen LogP contribution in [0.25, 0.3) is 0 Å². The predicted octanol–water partition coefficient (Wildman–Crippen LogP) is 18.3. The third-order valence-corrected chi connectivity index (χ3v) is 14.8. The number of hydrogen-bond donors (Lipinski definition) is 1. The second-order valence-corrected chi connectivity index (χ2v) is 19.7. The van der Waals surface area contributed by atoms with Crippen LogP contribution >= 0.6 is 0 Å². The Labute approximate surface area is 395 Å². The van der Waals surface area contributed by atoms with Crippen LogP contribution in [0, 0.1) is 47.1 Å². The molecule has 4 saturated carbocycles. The lowest BCUT2D eigenvalue weighted by molar-refractivity contribution is 0.155. The summed E-state index contributed by atoms with van der Waals surface area (Å²) in [7, 11) is -5.28. The quantitative estimate of drug-likeness (QED) is 0.0785. The average molecular weight is 985 g/mol. The van der Waals surface area contributed by atoms with E-state index in [1.54, 1.807) is 18.2 Å². The van der Waals surface area contributed by atoms with Crippen LogP contribution in [0.4, 0.5) is 39.0 Å². The molecule has 0 saturated heterocycles. The highest BCUT2D eigenvalue weighted by Gasteiger charge is 2.33. The minimum atomic E-state index is -5.28. The van der Waals surface area contributed by atoms with Gasteiger partial charge in [0.1, 0.15) is 0 Å². The van der Waals surface area contributed by atoms with Crippen molar-refractivity contribution in [2.45, 2.75) is 187 Å². The summed E-state index contributed by atoms with van der Waals surface area (Å²) in [5, 5.41) is 9.37. The number of unbranched alkanes of at least 4 members (excludes halogenated alkanes) is 4. The van der Waals surface area contributed by atoms with Gasteiger partial charge in [0.15, 0.2) is 35.7 Å². The van der Waals surface area contributed by atoms with Crippen LogP contribution in [0.2, 0.25) is 0 Å². The zero-order valence-corrected chi connectivity index (χ0v) is 39.6. The number of halogens is 9. The summed E-state index contributed by atoms with van der Waals surface area (Å²) in [5.74, 6) is 5.43. The molecule has 0 heterocycles. The van der Waals surface area contributed by atoms with E-state index in [0.717, 1.165) is 59.5 Å². The highest BCUT2D eigenvalue weighted by atomic mass is 32.3. The largest absolute Gasteiger partial charge is 0.505 e. The highest BCUT2D eigenvalue weighted by Crippen LogP contribution is 2.46. The maximum atomic E-state index is 14.0. The van der Waals surface area contributed by atoms with E-state index < -0.39 is 53.8 Å². The molecule has 4 fully saturated rings. The number of alkyl halides is 1. The van der Waals surface area contributed by atoms with E-state index in [-0.39, 0.29) is 18.9 Å². The van der Waals surface area contributed by atoms with Crippen molar-refractivity contribution in [2.75, 3.05) is 6.86 Å².